The molecule has 0 amide bonds. The van der Waals surface area contributed by atoms with Crippen molar-refractivity contribution in [3.63, 3.8) is 0 Å². The smallest absolute Gasteiger partial charge is 0.229 e. The minimum absolute atomic E-state index is 0.255. The summed E-state index contributed by atoms with van der Waals surface area (Å²) in [4.78, 5) is 5.38. The minimum Gasteiger partial charge on any atom is -0.390 e. The fourth-order valence-electron chi connectivity index (χ4n) is 1.56. The van der Waals surface area contributed by atoms with E-state index in [1.165, 1.54) is 7.11 Å². The Kier molecular flexibility index (Phi) is 6.03. The first kappa shape index (κ1) is 15.5. The van der Waals surface area contributed by atoms with E-state index >= 15 is 0 Å². The number of methoxy groups -OCH3 is 1. The summed E-state index contributed by atoms with van der Waals surface area (Å²) in [5.41, 5.74) is 0. The van der Waals surface area contributed by atoms with E-state index < -0.39 is 6.10 Å². The number of hydrogen-bond donors (Lipinski definition) is 1. The van der Waals surface area contributed by atoms with Gasteiger partial charge in [0.1, 0.15) is 0 Å². The van der Waals surface area contributed by atoms with Crippen molar-refractivity contribution in [2.24, 2.45) is 0 Å². The van der Waals surface area contributed by atoms with Gasteiger partial charge in [0.2, 0.25) is 5.89 Å². The van der Waals surface area contributed by atoms with Crippen molar-refractivity contribution in [1.82, 2.24) is 10.1 Å². The van der Waals surface area contributed by atoms with Crippen molar-refractivity contribution in [2.45, 2.75) is 23.2 Å². The molecule has 0 aliphatic rings. The summed E-state index contributed by atoms with van der Waals surface area (Å²) in [5, 5.41) is 13.5. The molecular formula is C13H15BrN2O3S. The third-order valence-electron chi connectivity index (χ3n) is 2.46. The van der Waals surface area contributed by atoms with Crippen LogP contribution in [-0.4, -0.2) is 35.1 Å². The molecule has 2 rings (SSSR count). The van der Waals surface area contributed by atoms with Gasteiger partial charge in [-0.3, -0.25) is 0 Å². The molecule has 0 aliphatic carbocycles. The minimum atomic E-state index is -0.618. The van der Waals surface area contributed by atoms with Crippen LogP contribution in [0.15, 0.2) is 38.2 Å². The van der Waals surface area contributed by atoms with Gasteiger partial charge >= 0.3 is 0 Å². The van der Waals surface area contributed by atoms with E-state index in [0.717, 1.165) is 9.37 Å². The second-order valence-electron chi connectivity index (χ2n) is 4.16. The summed E-state index contributed by atoms with van der Waals surface area (Å²) in [6.45, 7) is 0.255. The molecule has 0 saturated heterocycles. The molecule has 108 valence electrons. The van der Waals surface area contributed by atoms with Gasteiger partial charge < -0.3 is 14.4 Å². The van der Waals surface area contributed by atoms with Crippen LogP contribution in [0.4, 0.5) is 0 Å². The first-order valence-corrected chi connectivity index (χ1v) is 7.82. The van der Waals surface area contributed by atoms with E-state index in [2.05, 4.69) is 26.1 Å². The number of hydrogen-bond acceptors (Lipinski definition) is 6. The molecule has 1 unspecified atom stereocenters. The number of nitrogens with zero attached hydrogens (tertiary/aromatic N) is 2. The van der Waals surface area contributed by atoms with Gasteiger partial charge in [0.25, 0.3) is 0 Å². The molecule has 2 aromatic rings. The van der Waals surface area contributed by atoms with E-state index in [0.29, 0.717) is 23.9 Å². The lowest BCUT2D eigenvalue weighted by molar-refractivity contribution is 0.0599. The average molecular weight is 359 g/mol. The first-order valence-electron chi connectivity index (χ1n) is 6.04. The zero-order chi connectivity index (χ0) is 14.4. The molecule has 0 spiro atoms. The lowest BCUT2D eigenvalue weighted by Crippen LogP contribution is -2.17. The second-order valence-corrected chi connectivity index (χ2v) is 6.12. The van der Waals surface area contributed by atoms with Crippen molar-refractivity contribution in [3.8, 4) is 0 Å². The van der Waals surface area contributed by atoms with Gasteiger partial charge in [-0.1, -0.05) is 21.1 Å². The van der Waals surface area contributed by atoms with Crippen LogP contribution < -0.4 is 0 Å². The average Bonchev–Trinajstić information content (AvgIpc) is 2.86. The fraction of sp³-hybridized carbons (Fsp3) is 0.385. The second kappa shape index (κ2) is 7.78. The molecule has 0 saturated carbocycles. The van der Waals surface area contributed by atoms with Gasteiger partial charge in [0, 0.05) is 16.5 Å². The number of aliphatic hydroxyl groups excluding tert-OH is 1. The molecule has 0 aliphatic heterocycles. The molecule has 1 N–H and O–H groups in total. The molecule has 20 heavy (non-hydrogen) atoms. The Balaban J connectivity index is 1.85. The molecule has 0 bridgehead atoms. The Labute approximate surface area is 129 Å². The highest BCUT2D eigenvalue weighted by Crippen LogP contribution is 2.23. The summed E-state index contributed by atoms with van der Waals surface area (Å²) in [5.74, 6) is 1.68. The van der Waals surface area contributed by atoms with Gasteiger partial charge in [-0.25, -0.2) is 0 Å². The van der Waals surface area contributed by atoms with Gasteiger partial charge in [0.05, 0.1) is 24.9 Å². The van der Waals surface area contributed by atoms with Crippen molar-refractivity contribution >= 4 is 27.7 Å². The summed E-state index contributed by atoms with van der Waals surface area (Å²) in [6, 6.07) is 8.03. The molecule has 7 heteroatoms. The molecule has 0 radical (unpaired) electrons. The third kappa shape index (κ3) is 4.90. The van der Waals surface area contributed by atoms with E-state index in [9.17, 15) is 5.11 Å². The monoisotopic (exact) mass is 358 g/mol. The molecule has 1 atom stereocenters. The molecule has 1 heterocycles. The first-order chi connectivity index (χ1) is 9.67. The summed E-state index contributed by atoms with van der Waals surface area (Å²) in [7, 11) is 1.54. The van der Waals surface area contributed by atoms with Crippen LogP contribution >= 0.6 is 27.7 Å². The number of rotatable bonds is 7. The van der Waals surface area contributed by atoms with Crippen LogP contribution in [-0.2, 0) is 16.9 Å². The highest BCUT2D eigenvalue weighted by Gasteiger charge is 2.12. The summed E-state index contributed by atoms with van der Waals surface area (Å²) < 4.78 is 11.0. The van der Waals surface area contributed by atoms with E-state index in [-0.39, 0.29) is 6.61 Å². The zero-order valence-electron chi connectivity index (χ0n) is 11.0. The molecular weight excluding hydrogens is 344 g/mol. The highest BCUT2D eigenvalue weighted by molar-refractivity contribution is 9.10. The highest BCUT2D eigenvalue weighted by atomic mass is 79.9. The van der Waals surface area contributed by atoms with Gasteiger partial charge in [0.15, 0.2) is 5.82 Å². The Hall–Kier alpha value is -0.890. The number of thioether (sulfide) groups is 1. The number of benzene rings is 1. The topological polar surface area (TPSA) is 68.4 Å². The van der Waals surface area contributed by atoms with Crippen molar-refractivity contribution in [2.75, 3.05) is 13.7 Å². The van der Waals surface area contributed by atoms with Gasteiger partial charge in [-0.05, 0) is 24.3 Å². The zero-order valence-corrected chi connectivity index (χ0v) is 13.4. The van der Waals surface area contributed by atoms with E-state index in [1.807, 2.05) is 24.3 Å². The standard InChI is InChI=1S/C13H15BrN2O3S/c1-18-7-10(17)6-13-15-12(16-19-13)8-20-11-4-2-9(14)3-5-11/h2-5,10,17H,6-8H2,1H3. The number of aliphatic hydroxyl groups is 1. The predicted octanol–water partition coefficient (Wildman–Crippen LogP) is 2.67. The van der Waals surface area contributed by atoms with Crippen LogP contribution in [0, 0.1) is 0 Å². The third-order valence-corrected chi connectivity index (χ3v) is 4.00. The Morgan fingerprint density at radius 1 is 1.40 bits per heavy atom. The van der Waals surface area contributed by atoms with E-state index in [1.54, 1.807) is 11.8 Å². The largest absolute Gasteiger partial charge is 0.390 e. The molecule has 1 aromatic heterocycles. The van der Waals surface area contributed by atoms with Crippen LogP contribution in [0.25, 0.3) is 0 Å². The Morgan fingerprint density at radius 2 is 2.15 bits per heavy atom. The van der Waals surface area contributed by atoms with Crippen molar-refractivity contribution in [3.05, 3.63) is 40.5 Å². The maximum atomic E-state index is 9.58. The van der Waals surface area contributed by atoms with Crippen LogP contribution in [0.5, 0.6) is 0 Å². The molecule has 1 aromatic carbocycles. The summed E-state index contributed by atoms with van der Waals surface area (Å²) in [6.07, 6.45) is -0.309. The van der Waals surface area contributed by atoms with E-state index in [4.69, 9.17) is 9.26 Å². The predicted molar refractivity (Wildman–Crippen MR) is 79.6 cm³/mol. The Bertz CT molecular complexity index is 533. The normalized spacial score (nSPS) is 12.6. The van der Waals surface area contributed by atoms with Gasteiger partial charge in [-0.2, -0.15) is 4.98 Å². The van der Waals surface area contributed by atoms with Crippen molar-refractivity contribution in [1.29, 1.82) is 0 Å². The lowest BCUT2D eigenvalue weighted by atomic mass is 10.3. The maximum absolute atomic E-state index is 9.58. The Morgan fingerprint density at radius 3 is 2.85 bits per heavy atom. The number of ether oxygens (including phenoxy) is 1. The van der Waals surface area contributed by atoms with Crippen LogP contribution in [0.1, 0.15) is 11.7 Å². The maximum Gasteiger partial charge on any atom is 0.229 e. The van der Waals surface area contributed by atoms with Crippen molar-refractivity contribution < 1.29 is 14.4 Å². The number of halogens is 1. The summed E-state index contributed by atoms with van der Waals surface area (Å²) >= 11 is 5.03. The molecule has 0 fully saturated rings. The fourth-order valence-corrected chi connectivity index (χ4v) is 2.57. The lowest BCUT2D eigenvalue weighted by Gasteiger charge is -2.04. The SMILES string of the molecule is COCC(O)Cc1nc(CSc2ccc(Br)cc2)no1. The van der Waals surface area contributed by atoms with Crippen LogP contribution in [0.2, 0.25) is 0 Å². The number of aromatic nitrogens is 2. The van der Waals surface area contributed by atoms with Gasteiger partial charge in [-0.15, -0.1) is 11.8 Å². The molecule has 5 nitrogen and oxygen atoms in total. The van der Waals surface area contributed by atoms with Crippen LogP contribution in [0.3, 0.4) is 0 Å². The quantitative estimate of drug-likeness (QED) is 0.767.